The summed E-state index contributed by atoms with van der Waals surface area (Å²) in [5, 5.41) is 4.01. The highest BCUT2D eigenvalue weighted by molar-refractivity contribution is 4.99. The summed E-state index contributed by atoms with van der Waals surface area (Å²) < 4.78 is 0. The van der Waals surface area contributed by atoms with Crippen LogP contribution in [0.25, 0.3) is 0 Å². The fourth-order valence-corrected chi connectivity index (χ4v) is 4.39. The molecule has 1 aliphatic heterocycles. The van der Waals surface area contributed by atoms with Gasteiger partial charge in [-0.25, -0.2) is 0 Å². The van der Waals surface area contributed by atoms with Crippen molar-refractivity contribution in [3.05, 3.63) is 0 Å². The molecule has 2 atom stereocenters. The van der Waals surface area contributed by atoms with Gasteiger partial charge in [0.1, 0.15) is 0 Å². The van der Waals surface area contributed by atoms with Gasteiger partial charge in [0.15, 0.2) is 0 Å². The minimum Gasteiger partial charge on any atom is -0.313 e. The van der Waals surface area contributed by atoms with E-state index in [1.165, 1.54) is 58.2 Å². The fraction of sp³-hybridized carbons (Fsp3) is 1.00. The van der Waals surface area contributed by atoms with E-state index in [-0.39, 0.29) is 0 Å². The number of nitrogens with one attached hydrogen (secondary N) is 1. The molecule has 0 aromatic carbocycles. The zero-order valence-electron chi connectivity index (χ0n) is 13.1. The number of fused-ring (bicyclic) bond motifs is 2. The van der Waals surface area contributed by atoms with Crippen LogP contribution in [0.3, 0.4) is 0 Å². The molecule has 1 saturated heterocycles. The van der Waals surface area contributed by atoms with Gasteiger partial charge in [-0.3, -0.25) is 0 Å². The van der Waals surface area contributed by atoms with Gasteiger partial charge in [-0.15, -0.1) is 0 Å². The van der Waals surface area contributed by atoms with Gasteiger partial charge >= 0.3 is 0 Å². The second kappa shape index (κ2) is 5.37. The molecule has 0 amide bonds. The van der Waals surface area contributed by atoms with Crippen LogP contribution >= 0.6 is 0 Å². The Morgan fingerprint density at radius 2 is 1.79 bits per heavy atom. The lowest BCUT2D eigenvalue weighted by atomic mass is 9.73. The Bertz CT molecular complexity index is 294. The molecule has 110 valence electrons. The fourth-order valence-electron chi connectivity index (χ4n) is 4.39. The standard InChI is InChI=1S/C17H32N2/c1-4-17(8-9-17)12-18-16-14-6-5-7-15(16)11-19(10-14)13(2)3/h13-16,18H,4-12H2,1-3H3. The number of rotatable bonds is 5. The largest absolute Gasteiger partial charge is 0.313 e. The zero-order chi connectivity index (χ0) is 13.5. The maximum Gasteiger partial charge on any atom is 0.0148 e. The van der Waals surface area contributed by atoms with Crippen LogP contribution in [-0.4, -0.2) is 36.6 Å². The molecule has 0 radical (unpaired) electrons. The Morgan fingerprint density at radius 3 is 2.26 bits per heavy atom. The van der Waals surface area contributed by atoms with E-state index in [0.717, 1.165) is 23.9 Å². The molecule has 2 unspecified atom stereocenters. The SMILES string of the molecule is CCC1(CNC2C3CCCC2CN(C(C)C)C3)CC1. The highest BCUT2D eigenvalue weighted by atomic mass is 15.2. The highest BCUT2D eigenvalue weighted by Gasteiger charge is 2.44. The Kier molecular flexibility index (Phi) is 3.92. The summed E-state index contributed by atoms with van der Waals surface area (Å²) in [6.45, 7) is 11.1. The van der Waals surface area contributed by atoms with Gasteiger partial charge in [-0.1, -0.05) is 13.3 Å². The van der Waals surface area contributed by atoms with Crippen LogP contribution < -0.4 is 5.32 Å². The summed E-state index contributed by atoms with van der Waals surface area (Å²) in [5.74, 6) is 1.84. The molecule has 2 heteroatoms. The predicted molar refractivity (Wildman–Crippen MR) is 81.3 cm³/mol. The van der Waals surface area contributed by atoms with Crippen LogP contribution in [0.15, 0.2) is 0 Å². The van der Waals surface area contributed by atoms with E-state index < -0.39 is 0 Å². The van der Waals surface area contributed by atoms with Gasteiger partial charge in [0, 0.05) is 31.7 Å². The molecule has 0 aromatic rings. The molecule has 0 spiro atoms. The number of nitrogens with zero attached hydrogens (tertiary/aromatic N) is 1. The summed E-state index contributed by atoms with van der Waals surface area (Å²) in [6.07, 6.45) is 8.69. The van der Waals surface area contributed by atoms with Gasteiger partial charge in [-0.2, -0.15) is 0 Å². The summed E-state index contributed by atoms with van der Waals surface area (Å²) in [4.78, 5) is 2.72. The maximum absolute atomic E-state index is 4.01. The molecule has 3 fully saturated rings. The first-order valence-electron chi connectivity index (χ1n) is 8.61. The summed E-state index contributed by atoms with van der Waals surface area (Å²) in [7, 11) is 0. The van der Waals surface area contributed by atoms with E-state index in [4.69, 9.17) is 0 Å². The van der Waals surface area contributed by atoms with Crippen LogP contribution in [0, 0.1) is 17.3 Å². The number of hydrogen-bond donors (Lipinski definition) is 1. The molecule has 1 N–H and O–H groups in total. The van der Waals surface area contributed by atoms with Gasteiger partial charge < -0.3 is 10.2 Å². The van der Waals surface area contributed by atoms with E-state index in [9.17, 15) is 0 Å². The quantitative estimate of drug-likeness (QED) is 0.820. The van der Waals surface area contributed by atoms with Crippen LogP contribution in [-0.2, 0) is 0 Å². The topological polar surface area (TPSA) is 15.3 Å². The van der Waals surface area contributed by atoms with E-state index in [1.807, 2.05) is 0 Å². The van der Waals surface area contributed by atoms with E-state index in [2.05, 4.69) is 31.0 Å². The highest BCUT2D eigenvalue weighted by Crippen LogP contribution is 2.48. The van der Waals surface area contributed by atoms with Crippen molar-refractivity contribution in [3.8, 4) is 0 Å². The lowest BCUT2D eigenvalue weighted by Gasteiger charge is -2.49. The molecule has 3 aliphatic rings. The predicted octanol–water partition coefficient (Wildman–Crippen LogP) is 3.28. The maximum atomic E-state index is 4.01. The third-order valence-corrected chi connectivity index (χ3v) is 6.25. The van der Waals surface area contributed by atoms with Gasteiger partial charge in [-0.05, 0) is 63.2 Å². The average Bonchev–Trinajstić information content (AvgIpc) is 3.15. The van der Waals surface area contributed by atoms with Crippen LogP contribution in [0.2, 0.25) is 0 Å². The second-order valence-electron chi connectivity index (χ2n) is 7.76. The first-order chi connectivity index (χ1) is 9.13. The molecular formula is C17H32N2. The van der Waals surface area contributed by atoms with Crippen LogP contribution in [0.5, 0.6) is 0 Å². The van der Waals surface area contributed by atoms with Crippen LogP contribution in [0.4, 0.5) is 0 Å². The molecular weight excluding hydrogens is 232 g/mol. The van der Waals surface area contributed by atoms with Crippen LogP contribution in [0.1, 0.15) is 59.3 Å². The molecule has 2 aliphatic carbocycles. The van der Waals surface area contributed by atoms with Crippen molar-refractivity contribution in [3.63, 3.8) is 0 Å². The lowest BCUT2D eigenvalue weighted by Crippen LogP contribution is -2.58. The first kappa shape index (κ1) is 13.9. The molecule has 2 saturated carbocycles. The molecule has 2 bridgehead atoms. The van der Waals surface area contributed by atoms with Crippen molar-refractivity contribution in [2.75, 3.05) is 19.6 Å². The number of piperidine rings is 1. The van der Waals surface area contributed by atoms with E-state index in [1.54, 1.807) is 0 Å². The number of likely N-dealkylation sites (tertiary alicyclic amines) is 1. The molecule has 1 heterocycles. The Morgan fingerprint density at radius 1 is 1.16 bits per heavy atom. The Labute approximate surface area is 119 Å². The molecule has 19 heavy (non-hydrogen) atoms. The number of hydrogen-bond acceptors (Lipinski definition) is 2. The normalized spacial score (nSPS) is 37.6. The molecule has 3 rings (SSSR count). The van der Waals surface area contributed by atoms with E-state index in [0.29, 0.717) is 5.41 Å². The minimum atomic E-state index is 0.698. The van der Waals surface area contributed by atoms with Gasteiger partial charge in [0.25, 0.3) is 0 Å². The Balaban J connectivity index is 1.59. The summed E-state index contributed by atoms with van der Waals surface area (Å²) >= 11 is 0. The molecule has 0 aromatic heterocycles. The zero-order valence-corrected chi connectivity index (χ0v) is 13.1. The lowest BCUT2D eigenvalue weighted by molar-refractivity contribution is 0.0276. The third-order valence-electron chi connectivity index (χ3n) is 6.25. The van der Waals surface area contributed by atoms with Crippen molar-refractivity contribution in [1.29, 1.82) is 0 Å². The van der Waals surface area contributed by atoms with Crippen molar-refractivity contribution in [1.82, 2.24) is 10.2 Å². The minimum absolute atomic E-state index is 0.698. The smallest absolute Gasteiger partial charge is 0.0148 e. The van der Waals surface area contributed by atoms with Crippen molar-refractivity contribution in [2.24, 2.45) is 17.3 Å². The third kappa shape index (κ3) is 2.85. The van der Waals surface area contributed by atoms with Crippen molar-refractivity contribution >= 4 is 0 Å². The van der Waals surface area contributed by atoms with Crippen molar-refractivity contribution < 1.29 is 0 Å². The van der Waals surface area contributed by atoms with Gasteiger partial charge in [0.2, 0.25) is 0 Å². The molecule has 2 nitrogen and oxygen atoms in total. The summed E-state index contributed by atoms with van der Waals surface area (Å²) in [6, 6.07) is 1.56. The second-order valence-corrected chi connectivity index (χ2v) is 7.76. The first-order valence-corrected chi connectivity index (χ1v) is 8.61. The van der Waals surface area contributed by atoms with Crippen molar-refractivity contribution in [2.45, 2.75) is 71.4 Å². The van der Waals surface area contributed by atoms with Gasteiger partial charge in [0.05, 0.1) is 0 Å². The Hall–Kier alpha value is -0.0800. The average molecular weight is 264 g/mol. The van der Waals surface area contributed by atoms with E-state index >= 15 is 0 Å². The monoisotopic (exact) mass is 264 g/mol. The summed E-state index contributed by atoms with van der Waals surface area (Å²) in [5.41, 5.74) is 0.698.